The van der Waals surface area contributed by atoms with Gasteiger partial charge < -0.3 is 10.5 Å². The Bertz CT molecular complexity index is 354. The number of methoxy groups -OCH3 is 1. The van der Waals surface area contributed by atoms with E-state index in [0.717, 1.165) is 12.2 Å². The molecule has 82 valence electrons. The Morgan fingerprint density at radius 1 is 1.40 bits per heavy atom. The van der Waals surface area contributed by atoms with Gasteiger partial charge in [0.1, 0.15) is 5.75 Å². The number of nitrogens with one attached hydrogen (secondary N) is 2. The number of anilines is 1. The highest BCUT2D eigenvalue weighted by Gasteiger charge is 2.22. The molecule has 0 aromatic heterocycles. The van der Waals surface area contributed by atoms with E-state index in [-0.39, 0.29) is 0 Å². The maximum Gasteiger partial charge on any atom is 0.142 e. The van der Waals surface area contributed by atoms with E-state index in [0.29, 0.717) is 17.8 Å². The molecule has 2 atom stereocenters. The van der Waals surface area contributed by atoms with Crippen LogP contribution >= 0.6 is 0 Å². The molecule has 0 radical (unpaired) electrons. The van der Waals surface area contributed by atoms with Crippen molar-refractivity contribution in [2.75, 3.05) is 12.8 Å². The van der Waals surface area contributed by atoms with Crippen molar-refractivity contribution in [2.24, 2.45) is 0 Å². The number of rotatable bonds is 2. The fourth-order valence-electron chi connectivity index (χ4n) is 1.88. The van der Waals surface area contributed by atoms with Crippen LogP contribution in [0.5, 0.6) is 5.75 Å². The fraction of sp³-hybridized carbons (Fsp3) is 0.455. The standard InChI is InChI=1S/C11H17N3O/c1-7-5-10(14-13-7)8-3-4-9(12)11(6-8)15-2/h3-4,6-7,10,13-14H,5,12H2,1-2H3. The first-order valence-electron chi connectivity index (χ1n) is 5.15. The predicted octanol–water partition coefficient (Wildman–Crippen LogP) is 1.20. The second-order valence-electron chi connectivity index (χ2n) is 3.98. The molecule has 1 saturated heterocycles. The molecule has 4 heteroatoms. The van der Waals surface area contributed by atoms with Gasteiger partial charge in [-0.15, -0.1) is 0 Å². The zero-order chi connectivity index (χ0) is 10.8. The minimum Gasteiger partial charge on any atom is -0.495 e. The summed E-state index contributed by atoms with van der Waals surface area (Å²) in [5.74, 6) is 0.744. The second-order valence-corrected chi connectivity index (χ2v) is 3.98. The van der Waals surface area contributed by atoms with Crippen molar-refractivity contribution in [1.29, 1.82) is 0 Å². The first-order chi connectivity index (χ1) is 7.20. The number of nitrogen functional groups attached to an aromatic ring is 1. The molecule has 2 rings (SSSR count). The van der Waals surface area contributed by atoms with E-state index in [1.54, 1.807) is 7.11 Å². The summed E-state index contributed by atoms with van der Waals surface area (Å²) < 4.78 is 5.20. The monoisotopic (exact) mass is 207 g/mol. The molecule has 1 aromatic rings. The van der Waals surface area contributed by atoms with Crippen LogP contribution in [0.4, 0.5) is 5.69 Å². The van der Waals surface area contributed by atoms with Crippen LogP contribution < -0.4 is 21.3 Å². The molecule has 1 heterocycles. The van der Waals surface area contributed by atoms with Crippen molar-refractivity contribution in [3.05, 3.63) is 23.8 Å². The van der Waals surface area contributed by atoms with E-state index in [4.69, 9.17) is 10.5 Å². The number of benzene rings is 1. The van der Waals surface area contributed by atoms with Gasteiger partial charge in [-0.3, -0.25) is 10.9 Å². The van der Waals surface area contributed by atoms with Gasteiger partial charge in [0.05, 0.1) is 12.8 Å². The molecular weight excluding hydrogens is 190 g/mol. The molecule has 0 bridgehead atoms. The fourth-order valence-corrected chi connectivity index (χ4v) is 1.88. The van der Waals surface area contributed by atoms with Crippen molar-refractivity contribution in [2.45, 2.75) is 25.4 Å². The van der Waals surface area contributed by atoms with Crippen molar-refractivity contribution in [1.82, 2.24) is 10.9 Å². The first kappa shape index (κ1) is 10.3. The lowest BCUT2D eigenvalue weighted by Gasteiger charge is -2.12. The molecule has 0 spiro atoms. The van der Waals surface area contributed by atoms with Gasteiger partial charge in [-0.1, -0.05) is 6.07 Å². The van der Waals surface area contributed by atoms with Crippen molar-refractivity contribution >= 4 is 5.69 Å². The van der Waals surface area contributed by atoms with Gasteiger partial charge in [-0.25, -0.2) is 0 Å². The molecule has 0 aliphatic carbocycles. The normalized spacial score (nSPS) is 25.5. The van der Waals surface area contributed by atoms with E-state index in [9.17, 15) is 0 Å². The summed E-state index contributed by atoms with van der Waals surface area (Å²) in [6.45, 7) is 2.15. The van der Waals surface area contributed by atoms with Gasteiger partial charge in [0.15, 0.2) is 0 Å². The predicted molar refractivity (Wildman–Crippen MR) is 60.5 cm³/mol. The molecule has 1 aliphatic rings. The maximum absolute atomic E-state index is 5.76. The number of hydrogen-bond acceptors (Lipinski definition) is 4. The smallest absolute Gasteiger partial charge is 0.142 e. The maximum atomic E-state index is 5.76. The topological polar surface area (TPSA) is 59.3 Å². The lowest BCUT2D eigenvalue weighted by Crippen LogP contribution is -2.28. The number of hydrogen-bond donors (Lipinski definition) is 3. The average molecular weight is 207 g/mol. The second kappa shape index (κ2) is 4.08. The SMILES string of the molecule is COc1cc(C2CC(C)NN2)ccc1N. The molecule has 15 heavy (non-hydrogen) atoms. The van der Waals surface area contributed by atoms with Crippen LogP contribution in [0.2, 0.25) is 0 Å². The summed E-state index contributed by atoms with van der Waals surface area (Å²) in [5.41, 5.74) is 14.1. The largest absolute Gasteiger partial charge is 0.495 e. The third-order valence-electron chi connectivity index (χ3n) is 2.75. The van der Waals surface area contributed by atoms with Crippen molar-refractivity contribution in [3.63, 3.8) is 0 Å². The van der Waals surface area contributed by atoms with E-state index < -0.39 is 0 Å². The minimum atomic E-state index is 0.342. The highest BCUT2D eigenvalue weighted by atomic mass is 16.5. The molecule has 1 aliphatic heterocycles. The van der Waals surface area contributed by atoms with E-state index in [1.165, 1.54) is 5.56 Å². The number of hydrazine groups is 1. The van der Waals surface area contributed by atoms with Crippen molar-refractivity contribution in [3.8, 4) is 5.75 Å². The molecule has 0 amide bonds. The third-order valence-corrected chi connectivity index (χ3v) is 2.75. The van der Waals surface area contributed by atoms with Crippen LogP contribution in [0.15, 0.2) is 18.2 Å². The Morgan fingerprint density at radius 2 is 2.20 bits per heavy atom. The Kier molecular flexibility index (Phi) is 2.79. The molecular formula is C11H17N3O. The van der Waals surface area contributed by atoms with E-state index in [1.807, 2.05) is 18.2 Å². The quantitative estimate of drug-likeness (QED) is 0.638. The van der Waals surface area contributed by atoms with Gasteiger partial charge in [-0.05, 0) is 31.0 Å². The highest BCUT2D eigenvalue weighted by molar-refractivity contribution is 5.54. The molecule has 4 nitrogen and oxygen atoms in total. The Hall–Kier alpha value is -1.26. The van der Waals surface area contributed by atoms with Gasteiger partial charge in [0.25, 0.3) is 0 Å². The van der Waals surface area contributed by atoms with Gasteiger partial charge in [0.2, 0.25) is 0 Å². The molecule has 4 N–H and O–H groups in total. The van der Waals surface area contributed by atoms with Crippen LogP contribution in [-0.4, -0.2) is 13.2 Å². The summed E-state index contributed by atoms with van der Waals surface area (Å²) in [7, 11) is 1.64. The Morgan fingerprint density at radius 3 is 2.80 bits per heavy atom. The first-order valence-corrected chi connectivity index (χ1v) is 5.15. The molecule has 0 saturated carbocycles. The highest BCUT2D eigenvalue weighted by Crippen LogP contribution is 2.28. The molecule has 1 aromatic carbocycles. The van der Waals surface area contributed by atoms with Gasteiger partial charge in [-0.2, -0.15) is 0 Å². The van der Waals surface area contributed by atoms with E-state index >= 15 is 0 Å². The lowest BCUT2D eigenvalue weighted by molar-refractivity contribution is 0.415. The summed E-state index contributed by atoms with van der Waals surface area (Å²) >= 11 is 0. The summed E-state index contributed by atoms with van der Waals surface area (Å²) in [6.07, 6.45) is 1.08. The van der Waals surface area contributed by atoms with E-state index in [2.05, 4.69) is 17.8 Å². The number of ether oxygens (including phenoxy) is 1. The van der Waals surface area contributed by atoms with Crippen LogP contribution in [0.25, 0.3) is 0 Å². The molecule has 2 unspecified atom stereocenters. The average Bonchev–Trinajstić information content (AvgIpc) is 2.66. The zero-order valence-corrected chi connectivity index (χ0v) is 9.08. The number of nitrogens with two attached hydrogens (primary N) is 1. The van der Waals surface area contributed by atoms with Crippen LogP contribution in [0.3, 0.4) is 0 Å². The van der Waals surface area contributed by atoms with Crippen LogP contribution in [0.1, 0.15) is 24.9 Å². The van der Waals surface area contributed by atoms with Gasteiger partial charge >= 0.3 is 0 Å². The summed E-state index contributed by atoms with van der Waals surface area (Å²) in [4.78, 5) is 0. The third kappa shape index (κ3) is 2.06. The molecule has 1 fully saturated rings. The Labute approximate surface area is 89.8 Å². The summed E-state index contributed by atoms with van der Waals surface area (Å²) in [5, 5.41) is 0. The van der Waals surface area contributed by atoms with Crippen molar-refractivity contribution < 1.29 is 4.74 Å². The minimum absolute atomic E-state index is 0.342. The van der Waals surface area contributed by atoms with Crippen LogP contribution in [0, 0.1) is 0 Å². The Balaban J connectivity index is 2.21. The summed E-state index contributed by atoms with van der Waals surface area (Å²) in [6, 6.07) is 6.76. The van der Waals surface area contributed by atoms with Gasteiger partial charge in [0, 0.05) is 12.1 Å². The van der Waals surface area contributed by atoms with Crippen LogP contribution in [-0.2, 0) is 0 Å². The zero-order valence-electron chi connectivity index (χ0n) is 9.08. The lowest BCUT2D eigenvalue weighted by atomic mass is 10.0.